The van der Waals surface area contributed by atoms with E-state index in [4.69, 9.17) is 4.52 Å². The van der Waals surface area contributed by atoms with Crippen LogP contribution in [0.2, 0.25) is 0 Å². The van der Waals surface area contributed by atoms with Crippen molar-refractivity contribution in [2.45, 2.75) is 6.42 Å². The number of carbonyl (C=O) groups is 2. The van der Waals surface area contributed by atoms with Crippen molar-refractivity contribution in [3.63, 3.8) is 0 Å². The number of aromatic nitrogens is 1. The molecular weight excluding hydrogens is 308 g/mol. The first-order valence-electron chi connectivity index (χ1n) is 7.49. The van der Waals surface area contributed by atoms with E-state index in [1.807, 2.05) is 30.3 Å². The molecule has 0 bridgehead atoms. The number of hydrogen-bond donors (Lipinski definition) is 1. The van der Waals surface area contributed by atoms with E-state index in [1.165, 1.54) is 7.11 Å². The van der Waals surface area contributed by atoms with Gasteiger partial charge in [-0.15, -0.1) is 0 Å². The van der Waals surface area contributed by atoms with Crippen molar-refractivity contribution in [1.29, 1.82) is 0 Å². The molecule has 3 rings (SSSR count). The van der Waals surface area contributed by atoms with E-state index in [0.717, 1.165) is 10.9 Å². The van der Waals surface area contributed by atoms with E-state index in [9.17, 15) is 9.59 Å². The Morgan fingerprint density at radius 1 is 1.17 bits per heavy atom. The largest absolute Gasteiger partial charge is 0.469 e. The fourth-order valence-electron chi connectivity index (χ4n) is 2.36. The SMILES string of the molecule is COC(=O)CCNC(=O)c1ccc2noc(-c3ccccc3)c2c1. The predicted octanol–water partition coefficient (Wildman–Crippen LogP) is 2.79. The van der Waals surface area contributed by atoms with Crippen LogP contribution in [0, 0.1) is 0 Å². The minimum absolute atomic E-state index is 0.132. The minimum atomic E-state index is -0.365. The number of benzene rings is 2. The molecule has 0 fully saturated rings. The number of methoxy groups -OCH3 is 1. The summed E-state index contributed by atoms with van der Waals surface area (Å²) in [6, 6.07) is 14.7. The molecule has 0 atom stereocenters. The van der Waals surface area contributed by atoms with Crippen LogP contribution in [-0.2, 0) is 9.53 Å². The maximum absolute atomic E-state index is 12.2. The van der Waals surface area contributed by atoms with E-state index >= 15 is 0 Å². The minimum Gasteiger partial charge on any atom is -0.469 e. The van der Waals surface area contributed by atoms with Crippen LogP contribution in [0.15, 0.2) is 53.1 Å². The number of ether oxygens (including phenoxy) is 1. The normalized spacial score (nSPS) is 10.5. The lowest BCUT2D eigenvalue weighted by atomic mass is 10.1. The van der Waals surface area contributed by atoms with Gasteiger partial charge in [0.05, 0.1) is 18.9 Å². The quantitative estimate of drug-likeness (QED) is 0.730. The zero-order chi connectivity index (χ0) is 16.9. The molecular formula is C18H16N2O4. The average molecular weight is 324 g/mol. The van der Waals surface area contributed by atoms with Gasteiger partial charge >= 0.3 is 5.97 Å². The highest BCUT2D eigenvalue weighted by molar-refractivity contribution is 6.01. The fourth-order valence-corrected chi connectivity index (χ4v) is 2.36. The number of fused-ring (bicyclic) bond motifs is 1. The molecule has 1 amide bonds. The van der Waals surface area contributed by atoms with E-state index in [2.05, 4.69) is 15.2 Å². The van der Waals surface area contributed by atoms with Gasteiger partial charge in [0.2, 0.25) is 0 Å². The van der Waals surface area contributed by atoms with Gasteiger partial charge in [-0.3, -0.25) is 9.59 Å². The molecule has 0 unspecified atom stereocenters. The molecule has 0 spiro atoms. The lowest BCUT2D eigenvalue weighted by molar-refractivity contribution is -0.140. The van der Waals surface area contributed by atoms with Crippen molar-refractivity contribution < 1.29 is 18.8 Å². The Morgan fingerprint density at radius 2 is 1.96 bits per heavy atom. The molecule has 0 radical (unpaired) electrons. The number of hydrogen-bond acceptors (Lipinski definition) is 5. The number of rotatable bonds is 5. The molecule has 0 aliphatic heterocycles. The molecule has 3 aromatic rings. The first-order chi connectivity index (χ1) is 11.7. The third-order valence-corrected chi connectivity index (χ3v) is 3.62. The average Bonchev–Trinajstić information content (AvgIpc) is 3.05. The van der Waals surface area contributed by atoms with Gasteiger partial charge < -0.3 is 14.6 Å². The Bertz CT molecular complexity index is 871. The molecule has 0 aliphatic rings. The summed E-state index contributed by atoms with van der Waals surface area (Å²) in [5, 5.41) is 7.48. The van der Waals surface area contributed by atoms with Crippen LogP contribution in [0.4, 0.5) is 0 Å². The standard InChI is InChI=1S/C18H16N2O4/c1-23-16(21)9-10-19-18(22)13-7-8-15-14(11-13)17(24-20-15)12-5-3-2-4-6-12/h2-8,11H,9-10H2,1H3,(H,19,22). The van der Waals surface area contributed by atoms with Gasteiger partial charge in [0.15, 0.2) is 5.76 Å². The number of carbonyl (C=O) groups excluding carboxylic acids is 2. The number of amides is 1. The molecule has 6 heteroatoms. The summed E-state index contributed by atoms with van der Waals surface area (Å²) in [7, 11) is 1.31. The zero-order valence-electron chi connectivity index (χ0n) is 13.1. The summed E-state index contributed by atoms with van der Waals surface area (Å²) < 4.78 is 9.96. The maximum Gasteiger partial charge on any atom is 0.307 e. The summed E-state index contributed by atoms with van der Waals surface area (Å²) in [6.45, 7) is 0.221. The van der Waals surface area contributed by atoms with Crippen LogP contribution >= 0.6 is 0 Å². The smallest absolute Gasteiger partial charge is 0.307 e. The third kappa shape index (κ3) is 3.27. The summed E-state index contributed by atoms with van der Waals surface area (Å²) >= 11 is 0. The highest BCUT2D eigenvalue weighted by Crippen LogP contribution is 2.29. The third-order valence-electron chi connectivity index (χ3n) is 3.62. The van der Waals surface area contributed by atoms with Gasteiger partial charge in [0.25, 0.3) is 5.91 Å². The fraction of sp³-hybridized carbons (Fsp3) is 0.167. The van der Waals surface area contributed by atoms with Gasteiger partial charge in [-0.25, -0.2) is 0 Å². The Morgan fingerprint density at radius 3 is 2.71 bits per heavy atom. The van der Waals surface area contributed by atoms with E-state index in [1.54, 1.807) is 18.2 Å². The van der Waals surface area contributed by atoms with Crippen molar-refractivity contribution >= 4 is 22.8 Å². The van der Waals surface area contributed by atoms with Crippen molar-refractivity contribution in [3.8, 4) is 11.3 Å². The van der Waals surface area contributed by atoms with Gasteiger partial charge in [-0.1, -0.05) is 35.5 Å². The number of nitrogens with one attached hydrogen (secondary N) is 1. The highest BCUT2D eigenvalue weighted by atomic mass is 16.5. The second-order valence-corrected chi connectivity index (χ2v) is 5.19. The van der Waals surface area contributed by atoms with E-state index in [0.29, 0.717) is 16.8 Å². The summed E-state index contributed by atoms with van der Waals surface area (Å²) in [5.74, 6) is -0.00743. The van der Waals surface area contributed by atoms with Gasteiger partial charge in [0, 0.05) is 17.7 Å². The molecule has 0 saturated carbocycles. The molecule has 0 aliphatic carbocycles. The second-order valence-electron chi connectivity index (χ2n) is 5.19. The topological polar surface area (TPSA) is 81.4 Å². The van der Waals surface area contributed by atoms with Crippen molar-refractivity contribution in [3.05, 3.63) is 54.1 Å². The Hall–Kier alpha value is -3.15. The monoisotopic (exact) mass is 324 g/mol. The van der Waals surface area contributed by atoms with Crippen LogP contribution < -0.4 is 5.32 Å². The summed E-state index contributed by atoms with van der Waals surface area (Å²) in [4.78, 5) is 23.3. The van der Waals surface area contributed by atoms with Crippen molar-refractivity contribution in [1.82, 2.24) is 10.5 Å². The van der Waals surface area contributed by atoms with Crippen LogP contribution in [0.3, 0.4) is 0 Å². The Kier molecular flexibility index (Phi) is 4.56. The van der Waals surface area contributed by atoms with Crippen molar-refractivity contribution in [2.24, 2.45) is 0 Å². The maximum atomic E-state index is 12.2. The summed E-state index contributed by atoms with van der Waals surface area (Å²) in [6.07, 6.45) is 0.132. The summed E-state index contributed by atoms with van der Waals surface area (Å²) in [5.41, 5.74) is 2.05. The number of nitrogens with zero attached hydrogens (tertiary/aromatic N) is 1. The molecule has 1 heterocycles. The zero-order valence-corrected chi connectivity index (χ0v) is 13.1. The highest BCUT2D eigenvalue weighted by Gasteiger charge is 2.14. The van der Waals surface area contributed by atoms with Crippen molar-refractivity contribution in [2.75, 3.05) is 13.7 Å². The first kappa shape index (κ1) is 15.7. The lowest BCUT2D eigenvalue weighted by Crippen LogP contribution is -2.26. The van der Waals surface area contributed by atoms with Crippen LogP contribution in [0.1, 0.15) is 16.8 Å². The van der Waals surface area contributed by atoms with Crippen LogP contribution in [-0.4, -0.2) is 30.7 Å². The molecule has 2 aromatic carbocycles. The van der Waals surface area contributed by atoms with E-state index < -0.39 is 0 Å². The first-order valence-corrected chi connectivity index (χ1v) is 7.49. The Labute approximate surface area is 138 Å². The number of esters is 1. The van der Waals surface area contributed by atoms with Crippen LogP contribution in [0.25, 0.3) is 22.2 Å². The van der Waals surface area contributed by atoms with Gasteiger partial charge in [0.1, 0.15) is 5.52 Å². The van der Waals surface area contributed by atoms with Gasteiger partial charge in [-0.05, 0) is 18.2 Å². The molecule has 6 nitrogen and oxygen atoms in total. The Balaban J connectivity index is 1.83. The molecule has 0 saturated heterocycles. The second kappa shape index (κ2) is 6.95. The van der Waals surface area contributed by atoms with Gasteiger partial charge in [-0.2, -0.15) is 0 Å². The lowest BCUT2D eigenvalue weighted by Gasteiger charge is -2.04. The van der Waals surface area contributed by atoms with E-state index in [-0.39, 0.29) is 24.8 Å². The molecule has 1 N–H and O–H groups in total. The van der Waals surface area contributed by atoms with Crippen LogP contribution in [0.5, 0.6) is 0 Å². The predicted molar refractivity (Wildman–Crippen MR) is 88.4 cm³/mol. The molecule has 122 valence electrons. The molecule has 1 aromatic heterocycles. The molecule has 24 heavy (non-hydrogen) atoms.